The van der Waals surface area contributed by atoms with Gasteiger partial charge in [0, 0.05) is 10.2 Å². The minimum Gasteiger partial charge on any atom is -0.452 e. The third-order valence-corrected chi connectivity index (χ3v) is 10.7. The Morgan fingerprint density at radius 3 is 2.16 bits per heavy atom. The molecule has 0 amide bonds. The molecule has 1 atom stereocenters. The smallest absolute Gasteiger partial charge is 0.201 e. The van der Waals surface area contributed by atoms with E-state index < -0.39 is 5.47 Å². The van der Waals surface area contributed by atoms with Crippen molar-refractivity contribution in [1.29, 1.82) is 0 Å². The van der Waals surface area contributed by atoms with Crippen LogP contribution in [0.1, 0.15) is 0 Å². The van der Waals surface area contributed by atoms with Gasteiger partial charge >= 0.3 is 0 Å². The maximum Gasteiger partial charge on any atom is 0.201 e. The highest BCUT2D eigenvalue weighted by atomic mass is 32.9. The molecule has 1 heterocycles. The Bertz CT molecular complexity index is 1480. The van der Waals surface area contributed by atoms with E-state index in [0.717, 1.165) is 10.2 Å². The summed E-state index contributed by atoms with van der Waals surface area (Å²) in [7, 11) is 0. The van der Waals surface area contributed by atoms with Gasteiger partial charge in [-0.2, -0.15) is 0 Å². The molecular weight excluding hydrogens is 443 g/mol. The molecule has 0 saturated heterocycles. The van der Waals surface area contributed by atoms with E-state index in [1.807, 2.05) is 78.9 Å². The summed E-state index contributed by atoms with van der Waals surface area (Å²) in [5, 5.41) is 1.97. The van der Waals surface area contributed by atoms with Crippen LogP contribution in [-0.4, -0.2) is 0 Å². The Hall–Kier alpha value is -2.85. The van der Waals surface area contributed by atoms with Crippen LogP contribution in [0.2, 0.25) is 0 Å². The third kappa shape index (κ3) is 3.92. The van der Waals surface area contributed by atoms with Crippen LogP contribution in [0, 0.1) is 0 Å². The average molecular weight is 461 g/mol. The van der Waals surface area contributed by atoms with Gasteiger partial charge in [0.05, 0.1) is 10.8 Å². The van der Waals surface area contributed by atoms with Crippen LogP contribution in [-0.2, 0) is 11.8 Å². The van der Waals surface area contributed by atoms with Crippen LogP contribution in [0.3, 0.4) is 0 Å². The minimum absolute atomic E-state index is 0.0778. The summed E-state index contributed by atoms with van der Waals surface area (Å²) < 4.78 is 12.7. The Balaban J connectivity index is 1.68. The lowest BCUT2D eigenvalue weighted by Gasteiger charge is -2.23. The number of para-hydroxylation sites is 2. The van der Waals surface area contributed by atoms with Gasteiger partial charge in [-0.3, -0.25) is 4.79 Å². The van der Waals surface area contributed by atoms with Gasteiger partial charge < -0.3 is 8.94 Å². The fourth-order valence-electron chi connectivity index (χ4n) is 3.35. The maximum absolute atomic E-state index is 13.0. The quantitative estimate of drug-likeness (QED) is 0.214. The molecule has 5 aromatic rings. The van der Waals surface area contributed by atoms with Crippen LogP contribution in [0.15, 0.2) is 117 Å². The standard InChI is InChI=1S/C25H17O3PS2/c26-24-20-14-7-8-16-22(20)27-25-21(24)15-9-17-23(25)28-29(30,18-10-3-1-4-11-18)31-19-12-5-2-6-13-19/h1-17H. The summed E-state index contributed by atoms with van der Waals surface area (Å²) in [4.78, 5) is 14.1. The highest BCUT2D eigenvalue weighted by Gasteiger charge is 2.26. The zero-order chi connectivity index (χ0) is 21.3. The van der Waals surface area contributed by atoms with E-state index in [1.165, 1.54) is 11.4 Å². The zero-order valence-electron chi connectivity index (χ0n) is 16.3. The molecule has 0 spiro atoms. The first-order valence-corrected chi connectivity index (χ1v) is 13.8. The summed E-state index contributed by atoms with van der Waals surface area (Å²) in [5.41, 5.74) is -1.74. The number of fused-ring (bicyclic) bond motifs is 2. The molecule has 0 saturated carbocycles. The molecule has 0 radical (unpaired) electrons. The Morgan fingerprint density at radius 2 is 1.39 bits per heavy atom. The fraction of sp³-hybridized carbons (Fsp3) is 0. The molecular formula is C25H17O3PS2. The zero-order valence-corrected chi connectivity index (χ0v) is 18.8. The van der Waals surface area contributed by atoms with E-state index in [-0.39, 0.29) is 5.43 Å². The molecule has 0 N–H and O–H groups in total. The molecule has 1 unspecified atom stereocenters. The van der Waals surface area contributed by atoms with Crippen molar-refractivity contribution < 1.29 is 8.94 Å². The van der Waals surface area contributed by atoms with Crippen molar-refractivity contribution in [2.45, 2.75) is 4.90 Å². The molecule has 0 aliphatic heterocycles. The predicted molar refractivity (Wildman–Crippen MR) is 133 cm³/mol. The van der Waals surface area contributed by atoms with Gasteiger partial charge in [-0.05, 0) is 71.7 Å². The van der Waals surface area contributed by atoms with E-state index in [1.54, 1.807) is 24.3 Å². The molecule has 4 aromatic carbocycles. The van der Waals surface area contributed by atoms with Crippen molar-refractivity contribution in [3.63, 3.8) is 0 Å². The molecule has 152 valence electrons. The summed E-state index contributed by atoms with van der Waals surface area (Å²) >= 11 is 7.70. The summed E-state index contributed by atoms with van der Waals surface area (Å²) in [6.07, 6.45) is 0. The van der Waals surface area contributed by atoms with Gasteiger partial charge in [-0.1, -0.05) is 54.6 Å². The van der Waals surface area contributed by atoms with Crippen molar-refractivity contribution in [2.24, 2.45) is 0 Å². The van der Waals surface area contributed by atoms with Gasteiger partial charge in [0.1, 0.15) is 5.58 Å². The lowest BCUT2D eigenvalue weighted by atomic mass is 10.1. The molecule has 0 aliphatic carbocycles. The van der Waals surface area contributed by atoms with Gasteiger partial charge in [-0.25, -0.2) is 0 Å². The van der Waals surface area contributed by atoms with Gasteiger partial charge in [0.2, 0.25) is 10.9 Å². The summed E-state index contributed by atoms with van der Waals surface area (Å²) in [5.74, 6) is 0.482. The second-order valence-electron chi connectivity index (χ2n) is 6.89. The fourth-order valence-corrected chi connectivity index (χ4v) is 8.71. The van der Waals surface area contributed by atoms with Crippen LogP contribution >= 0.6 is 16.8 Å². The number of benzene rings is 4. The first-order valence-electron chi connectivity index (χ1n) is 9.68. The first-order chi connectivity index (χ1) is 15.1. The predicted octanol–water partition coefficient (Wildman–Crippen LogP) is 6.75. The number of hydrogen-bond acceptors (Lipinski definition) is 5. The van der Waals surface area contributed by atoms with Gasteiger partial charge in [0.25, 0.3) is 0 Å². The Kier molecular flexibility index (Phi) is 5.41. The van der Waals surface area contributed by atoms with Crippen molar-refractivity contribution in [3.8, 4) is 5.75 Å². The number of hydrogen-bond donors (Lipinski definition) is 0. The van der Waals surface area contributed by atoms with E-state index in [0.29, 0.717) is 27.7 Å². The monoisotopic (exact) mass is 460 g/mol. The van der Waals surface area contributed by atoms with E-state index >= 15 is 0 Å². The lowest BCUT2D eigenvalue weighted by molar-refractivity contribution is 0.593. The first kappa shape index (κ1) is 20.1. The van der Waals surface area contributed by atoms with Crippen LogP contribution in [0.5, 0.6) is 5.75 Å². The maximum atomic E-state index is 13.0. The average Bonchev–Trinajstić information content (AvgIpc) is 2.81. The number of rotatable bonds is 5. The van der Waals surface area contributed by atoms with Crippen molar-refractivity contribution in [2.75, 3.05) is 0 Å². The molecule has 0 fully saturated rings. The van der Waals surface area contributed by atoms with E-state index in [9.17, 15) is 4.79 Å². The van der Waals surface area contributed by atoms with Crippen molar-refractivity contribution in [3.05, 3.63) is 113 Å². The highest BCUT2D eigenvalue weighted by Crippen LogP contribution is 2.62. The van der Waals surface area contributed by atoms with Crippen molar-refractivity contribution >= 4 is 55.9 Å². The summed E-state index contributed by atoms with van der Waals surface area (Å²) in [6, 6.07) is 32.5. The van der Waals surface area contributed by atoms with E-state index in [4.69, 9.17) is 20.7 Å². The molecule has 0 bridgehead atoms. The molecule has 5 rings (SSSR count). The largest absolute Gasteiger partial charge is 0.452 e. The normalized spacial score (nSPS) is 13.2. The lowest BCUT2D eigenvalue weighted by Crippen LogP contribution is -2.08. The second kappa shape index (κ2) is 8.35. The molecule has 6 heteroatoms. The van der Waals surface area contributed by atoms with Crippen molar-refractivity contribution in [1.82, 2.24) is 0 Å². The van der Waals surface area contributed by atoms with Crippen LogP contribution < -0.4 is 15.3 Å². The topological polar surface area (TPSA) is 39.4 Å². The summed E-state index contributed by atoms with van der Waals surface area (Å²) in [6.45, 7) is 0. The van der Waals surface area contributed by atoms with E-state index in [2.05, 4.69) is 0 Å². The van der Waals surface area contributed by atoms with Gasteiger partial charge in [0.15, 0.2) is 11.3 Å². The molecule has 1 aromatic heterocycles. The second-order valence-corrected chi connectivity index (χ2v) is 13.6. The SMILES string of the molecule is O=c1c2ccccc2oc2c(OP(=S)(Sc3ccccc3)c3ccccc3)cccc12. The molecule has 31 heavy (non-hydrogen) atoms. The Labute approximate surface area is 188 Å². The third-order valence-electron chi connectivity index (χ3n) is 4.83. The highest BCUT2D eigenvalue weighted by molar-refractivity contribution is 8.71. The van der Waals surface area contributed by atoms with Crippen LogP contribution in [0.25, 0.3) is 21.9 Å². The van der Waals surface area contributed by atoms with Gasteiger partial charge in [-0.15, -0.1) is 0 Å². The molecule has 0 aliphatic rings. The Morgan fingerprint density at radius 1 is 0.742 bits per heavy atom. The minimum atomic E-state index is -2.61. The molecule has 3 nitrogen and oxygen atoms in total. The van der Waals surface area contributed by atoms with Crippen LogP contribution in [0.4, 0.5) is 0 Å².